The third-order valence-corrected chi connectivity index (χ3v) is 4.01. The summed E-state index contributed by atoms with van der Waals surface area (Å²) in [6.45, 7) is 1.94. The molecular formula is C15H13BrN4O. The maximum Gasteiger partial charge on any atom is 0.273 e. The maximum atomic E-state index is 12.2. The van der Waals surface area contributed by atoms with Gasteiger partial charge in [-0.05, 0) is 58.7 Å². The van der Waals surface area contributed by atoms with Crippen molar-refractivity contribution in [3.8, 4) is 0 Å². The summed E-state index contributed by atoms with van der Waals surface area (Å²) >= 11 is 3.38. The molecule has 0 unspecified atom stereocenters. The van der Waals surface area contributed by atoms with Crippen LogP contribution in [0.3, 0.4) is 0 Å². The van der Waals surface area contributed by atoms with E-state index in [1.54, 1.807) is 18.3 Å². The monoisotopic (exact) mass is 344 g/mol. The zero-order valence-electron chi connectivity index (χ0n) is 11.3. The molecule has 21 heavy (non-hydrogen) atoms. The lowest BCUT2D eigenvalue weighted by Crippen LogP contribution is -2.13. The van der Waals surface area contributed by atoms with Gasteiger partial charge in [-0.2, -0.15) is 0 Å². The number of anilines is 2. The normalized spacial score (nSPS) is 10.8. The summed E-state index contributed by atoms with van der Waals surface area (Å²) in [5.41, 5.74) is 8.74. The molecule has 3 aromatic rings. The Hall–Kier alpha value is -2.34. The number of nitrogens with zero attached hydrogens (tertiary/aromatic N) is 1. The van der Waals surface area contributed by atoms with Crippen molar-refractivity contribution in [3.05, 3.63) is 52.3 Å². The van der Waals surface area contributed by atoms with Crippen molar-refractivity contribution in [1.82, 2.24) is 9.97 Å². The van der Waals surface area contributed by atoms with E-state index >= 15 is 0 Å². The molecule has 0 fully saturated rings. The van der Waals surface area contributed by atoms with Crippen LogP contribution in [-0.2, 0) is 0 Å². The maximum absolute atomic E-state index is 12.2. The van der Waals surface area contributed by atoms with Crippen LogP contribution < -0.4 is 11.1 Å². The lowest BCUT2D eigenvalue weighted by molar-refractivity contribution is 0.102. The Bertz CT molecular complexity index is 841. The second kappa shape index (κ2) is 5.21. The number of nitrogen functional groups attached to an aromatic ring is 1. The molecule has 3 rings (SSSR count). The van der Waals surface area contributed by atoms with Gasteiger partial charge in [0, 0.05) is 27.3 Å². The molecule has 0 aliphatic rings. The molecule has 2 heterocycles. The Labute approximate surface area is 129 Å². The van der Waals surface area contributed by atoms with Gasteiger partial charge in [-0.1, -0.05) is 0 Å². The van der Waals surface area contributed by atoms with Gasteiger partial charge in [-0.15, -0.1) is 0 Å². The van der Waals surface area contributed by atoms with E-state index in [1.165, 1.54) is 0 Å². The lowest BCUT2D eigenvalue weighted by atomic mass is 10.2. The van der Waals surface area contributed by atoms with E-state index in [2.05, 4.69) is 31.2 Å². The Morgan fingerprint density at radius 3 is 2.90 bits per heavy atom. The molecule has 1 amide bonds. The van der Waals surface area contributed by atoms with Crippen molar-refractivity contribution in [1.29, 1.82) is 0 Å². The highest BCUT2D eigenvalue weighted by Gasteiger charge is 2.11. The fourth-order valence-electron chi connectivity index (χ4n) is 2.06. The summed E-state index contributed by atoms with van der Waals surface area (Å²) < 4.78 is 0.904. The van der Waals surface area contributed by atoms with Crippen LogP contribution in [0.15, 0.2) is 41.0 Å². The van der Waals surface area contributed by atoms with Crippen molar-refractivity contribution < 1.29 is 4.79 Å². The predicted molar refractivity (Wildman–Crippen MR) is 87.3 cm³/mol. The van der Waals surface area contributed by atoms with E-state index in [4.69, 9.17) is 5.73 Å². The van der Waals surface area contributed by atoms with Crippen molar-refractivity contribution in [2.24, 2.45) is 0 Å². The lowest BCUT2D eigenvalue weighted by Gasteiger charge is -2.04. The van der Waals surface area contributed by atoms with E-state index in [9.17, 15) is 4.79 Å². The number of rotatable bonds is 2. The summed E-state index contributed by atoms with van der Waals surface area (Å²) in [5, 5.41) is 3.67. The zero-order valence-corrected chi connectivity index (χ0v) is 12.9. The topological polar surface area (TPSA) is 83.8 Å². The van der Waals surface area contributed by atoms with Crippen LogP contribution in [0.1, 0.15) is 16.1 Å². The number of pyridine rings is 1. The van der Waals surface area contributed by atoms with Crippen molar-refractivity contribution in [2.45, 2.75) is 6.92 Å². The standard InChI is InChI=1S/C15H13BrN4O/c1-8-4-14(18-7-11(8)16)20-15(21)13-6-9-5-10(17)2-3-12(9)19-13/h2-7,19H,17H2,1H3,(H,18,20,21). The van der Waals surface area contributed by atoms with E-state index in [0.29, 0.717) is 17.2 Å². The average Bonchev–Trinajstić information content (AvgIpc) is 2.86. The van der Waals surface area contributed by atoms with Crippen LogP contribution in [0.4, 0.5) is 11.5 Å². The minimum atomic E-state index is -0.237. The molecule has 0 aliphatic heterocycles. The number of H-pyrrole nitrogens is 1. The Balaban J connectivity index is 1.87. The third-order valence-electron chi connectivity index (χ3n) is 3.18. The quantitative estimate of drug-likeness (QED) is 0.622. The van der Waals surface area contributed by atoms with Crippen LogP contribution in [0.5, 0.6) is 0 Å². The summed E-state index contributed by atoms with van der Waals surface area (Å²) in [6, 6.07) is 9.05. The van der Waals surface area contributed by atoms with E-state index in [0.717, 1.165) is 20.9 Å². The molecule has 0 bridgehead atoms. The van der Waals surface area contributed by atoms with Gasteiger partial charge in [0.1, 0.15) is 11.5 Å². The highest BCUT2D eigenvalue weighted by molar-refractivity contribution is 9.10. The number of nitrogens with two attached hydrogens (primary N) is 1. The number of aryl methyl sites for hydroxylation is 1. The molecule has 0 aliphatic carbocycles. The van der Waals surface area contributed by atoms with Gasteiger partial charge < -0.3 is 16.0 Å². The number of aromatic amines is 1. The van der Waals surface area contributed by atoms with Crippen LogP contribution in [0.25, 0.3) is 10.9 Å². The van der Waals surface area contributed by atoms with Gasteiger partial charge in [0.25, 0.3) is 5.91 Å². The predicted octanol–water partition coefficient (Wildman–Crippen LogP) is 3.47. The molecule has 2 aromatic heterocycles. The van der Waals surface area contributed by atoms with Gasteiger partial charge in [0.05, 0.1) is 0 Å². The molecule has 6 heteroatoms. The molecule has 4 N–H and O–H groups in total. The van der Waals surface area contributed by atoms with Gasteiger partial charge in [-0.3, -0.25) is 4.79 Å². The molecular weight excluding hydrogens is 332 g/mol. The number of amides is 1. The average molecular weight is 345 g/mol. The first-order valence-corrected chi connectivity index (χ1v) is 7.14. The van der Waals surface area contributed by atoms with Crippen LogP contribution in [0.2, 0.25) is 0 Å². The first-order valence-electron chi connectivity index (χ1n) is 6.34. The largest absolute Gasteiger partial charge is 0.399 e. The van der Waals surface area contributed by atoms with Gasteiger partial charge in [0.2, 0.25) is 0 Å². The highest BCUT2D eigenvalue weighted by Crippen LogP contribution is 2.20. The van der Waals surface area contributed by atoms with E-state index in [1.807, 2.05) is 25.1 Å². The Morgan fingerprint density at radius 2 is 2.14 bits per heavy atom. The Kier molecular flexibility index (Phi) is 3.39. The molecule has 0 spiro atoms. The summed E-state index contributed by atoms with van der Waals surface area (Å²) in [5.74, 6) is 0.276. The molecule has 0 radical (unpaired) electrons. The molecule has 5 nitrogen and oxygen atoms in total. The molecule has 106 valence electrons. The van der Waals surface area contributed by atoms with E-state index in [-0.39, 0.29) is 5.91 Å². The number of halogens is 1. The summed E-state index contributed by atoms with van der Waals surface area (Å²) in [7, 11) is 0. The minimum absolute atomic E-state index is 0.237. The second-order valence-corrected chi connectivity index (χ2v) is 5.66. The number of hydrogen-bond donors (Lipinski definition) is 3. The SMILES string of the molecule is Cc1cc(NC(=O)c2cc3cc(N)ccc3[nH]2)ncc1Br. The fraction of sp³-hybridized carbons (Fsp3) is 0.0667. The number of aromatic nitrogens is 2. The summed E-state index contributed by atoms with van der Waals surface area (Å²) in [6.07, 6.45) is 1.66. The van der Waals surface area contributed by atoms with Gasteiger partial charge in [-0.25, -0.2) is 4.98 Å². The van der Waals surface area contributed by atoms with Crippen molar-refractivity contribution in [3.63, 3.8) is 0 Å². The third kappa shape index (κ3) is 2.75. The minimum Gasteiger partial charge on any atom is -0.399 e. The fourth-order valence-corrected chi connectivity index (χ4v) is 2.28. The van der Waals surface area contributed by atoms with Gasteiger partial charge >= 0.3 is 0 Å². The Morgan fingerprint density at radius 1 is 1.33 bits per heavy atom. The van der Waals surface area contributed by atoms with Crippen LogP contribution in [-0.4, -0.2) is 15.9 Å². The van der Waals surface area contributed by atoms with E-state index < -0.39 is 0 Å². The molecule has 0 saturated heterocycles. The number of benzene rings is 1. The van der Waals surface area contributed by atoms with Crippen molar-refractivity contribution in [2.75, 3.05) is 11.1 Å². The van der Waals surface area contributed by atoms with Crippen LogP contribution in [0, 0.1) is 6.92 Å². The first-order chi connectivity index (χ1) is 10.0. The zero-order chi connectivity index (χ0) is 15.0. The molecule has 0 saturated carbocycles. The number of fused-ring (bicyclic) bond motifs is 1. The van der Waals surface area contributed by atoms with Gasteiger partial charge in [0.15, 0.2) is 0 Å². The number of hydrogen-bond acceptors (Lipinski definition) is 3. The second-order valence-electron chi connectivity index (χ2n) is 4.80. The smallest absolute Gasteiger partial charge is 0.273 e. The molecule has 0 atom stereocenters. The van der Waals surface area contributed by atoms with Crippen molar-refractivity contribution >= 4 is 44.2 Å². The number of nitrogens with one attached hydrogen (secondary N) is 2. The highest BCUT2D eigenvalue weighted by atomic mass is 79.9. The number of carbonyl (C=O) groups is 1. The molecule has 1 aromatic carbocycles. The van der Waals surface area contributed by atoms with Crippen LogP contribution >= 0.6 is 15.9 Å². The number of carbonyl (C=O) groups excluding carboxylic acids is 1. The summed E-state index contributed by atoms with van der Waals surface area (Å²) in [4.78, 5) is 19.5. The first kappa shape index (κ1) is 13.6.